The molecule has 0 saturated carbocycles. The molecule has 0 spiro atoms. The van der Waals surface area contributed by atoms with E-state index >= 15 is 0 Å². The fourth-order valence-electron chi connectivity index (χ4n) is 1.98. The van der Waals surface area contributed by atoms with E-state index in [0.717, 1.165) is 0 Å². The summed E-state index contributed by atoms with van der Waals surface area (Å²) in [6, 6.07) is 6.03. The number of carboxylic acids is 1. The molecular weight excluding hydrogens is 312 g/mol. The van der Waals surface area contributed by atoms with Crippen LogP contribution in [0.3, 0.4) is 0 Å². The van der Waals surface area contributed by atoms with E-state index in [0.29, 0.717) is 17.9 Å². The molecule has 1 rings (SSSR count). The van der Waals surface area contributed by atoms with Gasteiger partial charge in [-0.1, -0.05) is 18.2 Å². The van der Waals surface area contributed by atoms with E-state index < -0.39 is 23.6 Å². The molecule has 0 amide bonds. The number of nitrogens with zero attached hydrogens (tertiary/aromatic N) is 1. The Balaban J connectivity index is 2.70. The fraction of sp³-hybridized carbons (Fsp3) is 0.529. The number of nitrogens with two attached hydrogens (primary N) is 1. The first-order chi connectivity index (χ1) is 11.1. The van der Waals surface area contributed by atoms with Crippen LogP contribution in [-0.2, 0) is 14.3 Å². The lowest BCUT2D eigenvalue weighted by Crippen LogP contribution is -2.32. The number of rotatable bonds is 8. The largest absolute Gasteiger partial charge is 0.492 e. The van der Waals surface area contributed by atoms with Crippen LogP contribution in [0.25, 0.3) is 0 Å². The first kappa shape index (κ1) is 19.9. The summed E-state index contributed by atoms with van der Waals surface area (Å²) in [5, 5.41) is 8.72. The summed E-state index contributed by atoms with van der Waals surface area (Å²) < 4.78 is 11.0. The lowest BCUT2D eigenvalue weighted by atomic mass is 10.1. The van der Waals surface area contributed by atoms with E-state index in [-0.39, 0.29) is 13.2 Å². The zero-order chi connectivity index (χ0) is 18.3. The molecule has 1 atom stereocenters. The van der Waals surface area contributed by atoms with Crippen LogP contribution >= 0.6 is 0 Å². The molecule has 0 aromatic heterocycles. The van der Waals surface area contributed by atoms with Crippen molar-refractivity contribution in [3.8, 4) is 5.75 Å². The summed E-state index contributed by atoms with van der Waals surface area (Å²) in [4.78, 5) is 24.4. The highest BCUT2D eigenvalue weighted by molar-refractivity contribution is 5.78. The first-order valence-electron chi connectivity index (χ1n) is 7.70. The molecule has 0 fully saturated rings. The van der Waals surface area contributed by atoms with Crippen LogP contribution in [0.1, 0.15) is 32.4 Å². The SMILES string of the molecule is CN(CCOc1ccccc1C(N)C(=O)OC(C)(C)C)CC(=O)O. The fourth-order valence-corrected chi connectivity index (χ4v) is 1.98. The molecule has 0 radical (unpaired) electrons. The van der Waals surface area contributed by atoms with Crippen LogP contribution in [0.4, 0.5) is 0 Å². The zero-order valence-electron chi connectivity index (χ0n) is 14.6. The van der Waals surface area contributed by atoms with Crippen molar-refractivity contribution in [2.24, 2.45) is 5.73 Å². The monoisotopic (exact) mass is 338 g/mol. The predicted molar refractivity (Wildman–Crippen MR) is 89.8 cm³/mol. The van der Waals surface area contributed by atoms with E-state index in [1.807, 2.05) is 0 Å². The Hall–Kier alpha value is -2.12. The molecular formula is C17H26N2O5. The van der Waals surface area contributed by atoms with Gasteiger partial charge in [0.2, 0.25) is 0 Å². The van der Waals surface area contributed by atoms with Crippen LogP contribution in [0, 0.1) is 0 Å². The first-order valence-corrected chi connectivity index (χ1v) is 7.70. The van der Waals surface area contributed by atoms with Crippen molar-refractivity contribution in [2.75, 3.05) is 26.7 Å². The van der Waals surface area contributed by atoms with E-state index in [2.05, 4.69) is 0 Å². The molecule has 3 N–H and O–H groups in total. The Kier molecular flexibility index (Phi) is 7.18. The Morgan fingerprint density at radius 2 is 1.92 bits per heavy atom. The summed E-state index contributed by atoms with van der Waals surface area (Å²) in [6.45, 7) is 5.97. The van der Waals surface area contributed by atoms with Crippen LogP contribution in [-0.4, -0.2) is 54.3 Å². The average molecular weight is 338 g/mol. The molecule has 1 aromatic carbocycles. The summed E-state index contributed by atoms with van der Waals surface area (Å²) in [6.07, 6.45) is 0. The molecule has 24 heavy (non-hydrogen) atoms. The predicted octanol–water partition coefficient (Wildman–Crippen LogP) is 1.42. The Morgan fingerprint density at radius 3 is 2.50 bits per heavy atom. The van der Waals surface area contributed by atoms with Gasteiger partial charge in [-0.25, -0.2) is 4.79 Å². The highest BCUT2D eigenvalue weighted by Crippen LogP contribution is 2.25. The van der Waals surface area contributed by atoms with Crippen LogP contribution in [0.2, 0.25) is 0 Å². The maximum absolute atomic E-state index is 12.1. The third kappa shape index (κ3) is 6.97. The molecule has 1 unspecified atom stereocenters. The minimum Gasteiger partial charge on any atom is -0.492 e. The molecule has 0 heterocycles. The quantitative estimate of drug-likeness (QED) is 0.691. The molecule has 1 aromatic rings. The molecule has 7 heteroatoms. The highest BCUT2D eigenvalue weighted by Gasteiger charge is 2.25. The number of esters is 1. The van der Waals surface area contributed by atoms with Gasteiger partial charge in [-0.05, 0) is 33.9 Å². The van der Waals surface area contributed by atoms with Crippen molar-refractivity contribution in [3.05, 3.63) is 29.8 Å². The summed E-state index contributed by atoms with van der Waals surface area (Å²) in [5.41, 5.74) is 5.92. The molecule has 134 valence electrons. The van der Waals surface area contributed by atoms with Gasteiger partial charge in [0.05, 0.1) is 6.54 Å². The summed E-state index contributed by atoms with van der Waals surface area (Å²) in [5.74, 6) is -0.939. The molecule has 0 aliphatic heterocycles. The minimum absolute atomic E-state index is 0.0670. The van der Waals surface area contributed by atoms with Crippen LogP contribution in [0.5, 0.6) is 5.75 Å². The van der Waals surface area contributed by atoms with E-state index in [9.17, 15) is 9.59 Å². The second-order valence-electron chi connectivity index (χ2n) is 6.53. The smallest absolute Gasteiger partial charge is 0.328 e. The number of likely N-dealkylation sites (N-methyl/N-ethyl adjacent to an activating group) is 1. The van der Waals surface area contributed by atoms with Gasteiger partial charge in [-0.2, -0.15) is 0 Å². The summed E-state index contributed by atoms with van der Waals surface area (Å²) in [7, 11) is 1.69. The maximum Gasteiger partial charge on any atom is 0.328 e. The maximum atomic E-state index is 12.1. The molecule has 0 aliphatic carbocycles. The lowest BCUT2D eigenvalue weighted by Gasteiger charge is -2.23. The van der Waals surface area contributed by atoms with Crippen molar-refractivity contribution < 1.29 is 24.2 Å². The van der Waals surface area contributed by atoms with Crippen molar-refractivity contribution in [2.45, 2.75) is 32.4 Å². The second kappa shape index (κ2) is 8.65. The van der Waals surface area contributed by atoms with Crippen molar-refractivity contribution in [1.29, 1.82) is 0 Å². The lowest BCUT2D eigenvalue weighted by molar-refractivity contribution is -0.156. The minimum atomic E-state index is -0.947. The highest BCUT2D eigenvalue weighted by atomic mass is 16.6. The van der Waals surface area contributed by atoms with Gasteiger partial charge in [0, 0.05) is 12.1 Å². The number of benzene rings is 1. The van der Waals surface area contributed by atoms with E-state index in [1.165, 1.54) is 0 Å². The van der Waals surface area contributed by atoms with Gasteiger partial charge in [0.1, 0.15) is 24.0 Å². The van der Waals surface area contributed by atoms with Crippen molar-refractivity contribution in [3.63, 3.8) is 0 Å². The Morgan fingerprint density at radius 1 is 1.29 bits per heavy atom. The number of hydrogen-bond donors (Lipinski definition) is 2. The molecule has 0 saturated heterocycles. The topological polar surface area (TPSA) is 102 Å². The number of carbonyl (C=O) groups is 2. The van der Waals surface area contributed by atoms with Crippen molar-refractivity contribution in [1.82, 2.24) is 4.90 Å². The zero-order valence-corrected chi connectivity index (χ0v) is 14.6. The molecule has 0 bridgehead atoms. The number of carboxylic acid groups (broad SMARTS) is 1. The van der Waals surface area contributed by atoms with Gasteiger partial charge in [0.15, 0.2) is 0 Å². The van der Waals surface area contributed by atoms with Gasteiger partial charge < -0.3 is 20.3 Å². The Labute approximate surface area is 142 Å². The standard InChI is InChI=1S/C17H26N2O5/c1-17(2,3)24-16(22)15(18)12-7-5-6-8-13(12)23-10-9-19(4)11-14(20)21/h5-8,15H,9-11,18H2,1-4H3,(H,20,21). The van der Waals surface area contributed by atoms with Crippen molar-refractivity contribution >= 4 is 11.9 Å². The summed E-state index contributed by atoms with van der Waals surface area (Å²) >= 11 is 0. The van der Waals surface area contributed by atoms with Gasteiger partial charge in [0.25, 0.3) is 0 Å². The van der Waals surface area contributed by atoms with E-state index in [1.54, 1.807) is 57.0 Å². The normalized spacial score (nSPS) is 12.8. The van der Waals surface area contributed by atoms with Gasteiger partial charge in [-0.15, -0.1) is 0 Å². The number of hydrogen-bond acceptors (Lipinski definition) is 6. The average Bonchev–Trinajstić information content (AvgIpc) is 2.44. The number of carbonyl (C=O) groups excluding carboxylic acids is 1. The van der Waals surface area contributed by atoms with Gasteiger partial charge >= 0.3 is 11.9 Å². The Bertz CT molecular complexity index is 568. The number of para-hydroxylation sites is 1. The molecule has 0 aliphatic rings. The second-order valence-corrected chi connectivity index (χ2v) is 6.53. The third-order valence-electron chi connectivity index (χ3n) is 3.05. The van der Waals surface area contributed by atoms with Crippen LogP contribution in [0.15, 0.2) is 24.3 Å². The van der Waals surface area contributed by atoms with Gasteiger partial charge in [-0.3, -0.25) is 9.69 Å². The number of ether oxygens (including phenoxy) is 2. The third-order valence-corrected chi connectivity index (χ3v) is 3.05. The number of aliphatic carboxylic acids is 1. The molecule has 7 nitrogen and oxygen atoms in total. The van der Waals surface area contributed by atoms with E-state index in [4.69, 9.17) is 20.3 Å². The van der Waals surface area contributed by atoms with Crippen LogP contribution < -0.4 is 10.5 Å².